The minimum atomic E-state index is -0.302. The van der Waals surface area contributed by atoms with Gasteiger partial charge in [-0.05, 0) is 22.9 Å². The minimum Gasteiger partial charge on any atom is -0.455 e. The Bertz CT molecular complexity index is 674. The molecule has 0 saturated heterocycles. The van der Waals surface area contributed by atoms with Crippen molar-refractivity contribution in [3.8, 4) is 10.7 Å². The van der Waals surface area contributed by atoms with Gasteiger partial charge in [0.2, 0.25) is 5.82 Å². The van der Waals surface area contributed by atoms with Gasteiger partial charge < -0.3 is 9.26 Å². The Kier molecular flexibility index (Phi) is 3.89. The van der Waals surface area contributed by atoms with Crippen molar-refractivity contribution in [2.75, 3.05) is 0 Å². The van der Waals surface area contributed by atoms with Crippen LogP contribution in [0, 0.1) is 0 Å². The Morgan fingerprint density at radius 2 is 2.10 bits per heavy atom. The van der Waals surface area contributed by atoms with Crippen LogP contribution in [-0.2, 0) is 22.6 Å². The molecular formula is C13H10N2O3S2. The Balaban J connectivity index is 1.55. The maximum absolute atomic E-state index is 11.6. The van der Waals surface area contributed by atoms with E-state index in [1.54, 1.807) is 0 Å². The van der Waals surface area contributed by atoms with Gasteiger partial charge in [-0.3, -0.25) is 4.79 Å². The molecule has 0 bridgehead atoms. The van der Waals surface area contributed by atoms with E-state index in [9.17, 15) is 4.79 Å². The molecule has 0 amide bonds. The molecule has 0 fully saturated rings. The molecule has 0 atom stereocenters. The van der Waals surface area contributed by atoms with Crippen LogP contribution in [0.4, 0.5) is 0 Å². The van der Waals surface area contributed by atoms with Crippen LogP contribution in [0.25, 0.3) is 10.7 Å². The van der Waals surface area contributed by atoms with Gasteiger partial charge in [0, 0.05) is 4.88 Å². The first kappa shape index (κ1) is 13.0. The zero-order valence-electron chi connectivity index (χ0n) is 10.3. The second-order valence-corrected chi connectivity index (χ2v) is 5.89. The maximum Gasteiger partial charge on any atom is 0.311 e. The van der Waals surface area contributed by atoms with Crippen LogP contribution in [-0.4, -0.2) is 16.1 Å². The summed E-state index contributed by atoms with van der Waals surface area (Å²) < 4.78 is 10.2. The molecule has 7 heteroatoms. The molecule has 0 spiro atoms. The summed E-state index contributed by atoms with van der Waals surface area (Å²) in [5.74, 6) is 0.514. The number of carbonyl (C=O) groups excluding carboxylic acids is 1. The van der Waals surface area contributed by atoms with Crippen LogP contribution in [0.15, 0.2) is 39.5 Å². The maximum atomic E-state index is 11.6. The van der Waals surface area contributed by atoms with Crippen LogP contribution in [0.5, 0.6) is 0 Å². The predicted molar refractivity (Wildman–Crippen MR) is 75.4 cm³/mol. The minimum absolute atomic E-state index is 0.00256. The standard InChI is InChI=1S/C13H10N2O3S2/c16-12(7-9-3-1-5-19-9)17-8-11-14-13(15-18-11)10-4-2-6-20-10/h1-6H,7-8H2. The first-order chi connectivity index (χ1) is 9.81. The Morgan fingerprint density at radius 1 is 1.25 bits per heavy atom. The van der Waals surface area contributed by atoms with Crippen molar-refractivity contribution in [3.63, 3.8) is 0 Å². The molecule has 0 aliphatic rings. The van der Waals surface area contributed by atoms with E-state index < -0.39 is 0 Å². The summed E-state index contributed by atoms with van der Waals surface area (Å²) in [6.45, 7) is 0.00256. The lowest BCUT2D eigenvalue weighted by molar-refractivity contribution is -0.144. The van der Waals surface area contributed by atoms with Crippen LogP contribution < -0.4 is 0 Å². The molecule has 3 aromatic rings. The van der Waals surface area contributed by atoms with Crippen LogP contribution in [0.1, 0.15) is 10.8 Å². The summed E-state index contributed by atoms with van der Waals surface area (Å²) >= 11 is 3.05. The molecule has 0 N–H and O–H groups in total. The van der Waals surface area contributed by atoms with Gasteiger partial charge in [-0.2, -0.15) is 4.98 Å². The largest absolute Gasteiger partial charge is 0.455 e. The van der Waals surface area contributed by atoms with Gasteiger partial charge >= 0.3 is 5.97 Å². The van der Waals surface area contributed by atoms with E-state index in [1.807, 2.05) is 35.0 Å². The zero-order chi connectivity index (χ0) is 13.8. The van der Waals surface area contributed by atoms with E-state index in [1.165, 1.54) is 22.7 Å². The second-order valence-electron chi connectivity index (χ2n) is 3.91. The fraction of sp³-hybridized carbons (Fsp3) is 0.154. The van der Waals surface area contributed by atoms with Gasteiger partial charge in [0.15, 0.2) is 6.61 Å². The first-order valence-electron chi connectivity index (χ1n) is 5.86. The highest BCUT2D eigenvalue weighted by Crippen LogP contribution is 2.21. The van der Waals surface area contributed by atoms with Gasteiger partial charge in [0.05, 0.1) is 11.3 Å². The number of carbonyl (C=O) groups is 1. The van der Waals surface area contributed by atoms with Gasteiger partial charge in [-0.1, -0.05) is 17.3 Å². The molecule has 0 saturated carbocycles. The average molecular weight is 306 g/mol. The van der Waals surface area contributed by atoms with Crippen molar-refractivity contribution in [2.45, 2.75) is 13.0 Å². The van der Waals surface area contributed by atoms with E-state index in [4.69, 9.17) is 9.26 Å². The third-order valence-electron chi connectivity index (χ3n) is 2.46. The molecule has 102 valence electrons. The van der Waals surface area contributed by atoms with E-state index in [2.05, 4.69) is 10.1 Å². The molecule has 3 aromatic heterocycles. The Labute approximate surface area is 122 Å². The molecule has 0 unspecified atom stereocenters. The third kappa shape index (κ3) is 3.12. The van der Waals surface area contributed by atoms with Gasteiger partial charge in [0.1, 0.15) is 0 Å². The zero-order valence-corrected chi connectivity index (χ0v) is 11.9. The van der Waals surface area contributed by atoms with Crippen molar-refractivity contribution in [3.05, 3.63) is 45.8 Å². The summed E-state index contributed by atoms with van der Waals surface area (Å²) in [7, 11) is 0. The van der Waals surface area contributed by atoms with Crippen molar-refractivity contribution >= 4 is 28.6 Å². The summed E-state index contributed by atoms with van der Waals surface area (Å²) in [4.78, 5) is 17.7. The van der Waals surface area contributed by atoms with Gasteiger partial charge in [0.25, 0.3) is 5.89 Å². The summed E-state index contributed by atoms with van der Waals surface area (Å²) in [5.41, 5.74) is 0. The van der Waals surface area contributed by atoms with E-state index in [0.29, 0.717) is 11.7 Å². The van der Waals surface area contributed by atoms with Crippen molar-refractivity contribution in [1.29, 1.82) is 0 Å². The SMILES string of the molecule is O=C(Cc1cccs1)OCc1nc(-c2cccs2)no1. The van der Waals surface area contributed by atoms with Crippen LogP contribution in [0.3, 0.4) is 0 Å². The summed E-state index contributed by atoms with van der Waals surface area (Å²) in [5, 5.41) is 7.71. The monoisotopic (exact) mass is 306 g/mol. The number of ether oxygens (including phenoxy) is 1. The van der Waals surface area contributed by atoms with Gasteiger partial charge in [-0.15, -0.1) is 22.7 Å². The highest BCUT2D eigenvalue weighted by atomic mass is 32.1. The molecule has 0 aliphatic carbocycles. The molecule has 0 aliphatic heterocycles. The quantitative estimate of drug-likeness (QED) is 0.677. The van der Waals surface area contributed by atoms with E-state index >= 15 is 0 Å². The summed E-state index contributed by atoms with van der Waals surface area (Å²) in [6.07, 6.45) is 0.267. The van der Waals surface area contributed by atoms with Crippen molar-refractivity contribution in [1.82, 2.24) is 10.1 Å². The number of aromatic nitrogens is 2. The lowest BCUT2D eigenvalue weighted by Gasteiger charge is -1.99. The lowest BCUT2D eigenvalue weighted by Crippen LogP contribution is -2.07. The number of esters is 1. The van der Waals surface area contributed by atoms with Crippen molar-refractivity contribution < 1.29 is 14.1 Å². The highest BCUT2D eigenvalue weighted by Gasteiger charge is 2.12. The lowest BCUT2D eigenvalue weighted by atomic mass is 10.3. The number of thiophene rings is 2. The second kappa shape index (κ2) is 5.98. The molecule has 0 radical (unpaired) electrons. The third-order valence-corrected chi connectivity index (χ3v) is 4.21. The average Bonchev–Trinajstić information content (AvgIpc) is 3.18. The fourth-order valence-electron chi connectivity index (χ4n) is 1.57. The number of hydrogen-bond acceptors (Lipinski definition) is 7. The molecule has 0 aromatic carbocycles. The van der Waals surface area contributed by atoms with E-state index in [0.717, 1.165) is 9.75 Å². The molecule has 3 rings (SSSR count). The Morgan fingerprint density at radius 3 is 2.85 bits per heavy atom. The normalized spacial score (nSPS) is 10.6. The molecule has 20 heavy (non-hydrogen) atoms. The summed E-state index contributed by atoms with van der Waals surface area (Å²) in [6, 6.07) is 7.62. The Hall–Kier alpha value is -1.99. The van der Waals surface area contributed by atoms with Crippen LogP contribution >= 0.6 is 22.7 Å². The smallest absolute Gasteiger partial charge is 0.311 e. The van der Waals surface area contributed by atoms with Gasteiger partial charge in [-0.25, -0.2) is 0 Å². The molecule has 3 heterocycles. The van der Waals surface area contributed by atoms with Crippen molar-refractivity contribution in [2.24, 2.45) is 0 Å². The topological polar surface area (TPSA) is 65.2 Å². The predicted octanol–water partition coefficient (Wildman–Crippen LogP) is 3.15. The molecule has 5 nitrogen and oxygen atoms in total. The number of nitrogens with zero attached hydrogens (tertiary/aromatic N) is 2. The van der Waals surface area contributed by atoms with Crippen LogP contribution in [0.2, 0.25) is 0 Å². The number of hydrogen-bond donors (Lipinski definition) is 0. The first-order valence-corrected chi connectivity index (χ1v) is 7.61. The fourth-order valence-corrected chi connectivity index (χ4v) is 2.91. The highest BCUT2D eigenvalue weighted by molar-refractivity contribution is 7.13. The van der Waals surface area contributed by atoms with E-state index in [-0.39, 0.29) is 19.0 Å². The molecular weight excluding hydrogens is 296 g/mol. The number of rotatable bonds is 5.